The fraction of sp³-hybridized carbons (Fsp3) is 0.600. The van der Waals surface area contributed by atoms with Crippen LogP contribution < -0.4 is 10.1 Å². The van der Waals surface area contributed by atoms with Gasteiger partial charge in [-0.1, -0.05) is 19.1 Å². The summed E-state index contributed by atoms with van der Waals surface area (Å²) in [5, 5.41) is 3.62. The molecule has 1 aromatic carbocycles. The molecule has 18 heavy (non-hydrogen) atoms. The molecule has 3 nitrogen and oxygen atoms in total. The molecular formula is C15H24N2O. The second-order valence-electron chi connectivity index (χ2n) is 5.40. The van der Waals surface area contributed by atoms with Crippen molar-refractivity contribution in [2.45, 2.75) is 32.4 Å². The lowest BCUT2D eigenvalue weighted by molar-refractivity contribution is 0.133. The molecule has 0 radical (unpaired) electrons. The van der Waals surface area contributed by atoms with Crippen LogP contribution in [0.25, 0.3) is 0 Å². The number of nitrogens with one attached hydrogen (secondary N) is 1. The van der Waals surface area contributed by atoms with E-state index in [9.17, 15) is 0 Å². The van der Waals surface area contributed by atoms with E-state index in [2.05, 4.69) is 36.2 Å². The van der Waals surface area contributed by atoms with E-state index in [4.69, 9.17) is 4.74 Å². The van der Waals surface area contributed by atoms with E-state index >= 15 is 0 Å². The van der Waals surface area contributed by atoms with Crippen LogP contribution in [0.1, 0.15) is 25.8 Å². The molecule has 0 saturated carbocycles. The Labute approximate surface area is 110 Å². The van der Waals surface area contributed by atoms with Crippen LogP contribution in [0.4, 0.5) is 0 Å². The Bertz CT molecular complexity index is 377. The Hall–Kier alpha value is -1.06. The average Bonchev–Trinajstić information content (AvgIpc) is 2.40. The molecule has 0 amide bonds. The standard InChI is InChI=1S/C15H24N2O/c1-4-15(2)12-17(10-9-16-15)11-13-5-7-14(18-3)8-6-13/h5-8,16H,4,9-12H2,1-3H3. The van der Waals surface area contributed by atoms with Crippen LogP contribution in [0.2, 0.25) is 0 Å². The highest BCUT2D eigenvalue weighted by Gasteiger charge is 2.28. The van der Waals surface area contributed by atoms with Gasteiger partial charge in [0.2, 0.25) is 0 Å². The SMILES string of the molecule is CCC1(C)CN(Cc2ccc(OC)cc2)CCN1. The number of ether oxygens (including phenoxy) is 1. The molecule has 100 valence electrons. The highest BCUT2D eigenvalue weighted by atomic mass is 16.5. The summed E-state index contributed by atoms with van der Waals surface area (Å²) in [7, 11) is 1.71. The third-order valence-corrected chi connectivity index (χ3v) is 3.90. The molecule has 1 atom stereocenters. The molecule has 1 heterocycles. The number of methoxy groups -OCH3 is 1. The van der Waals surface area contributed by atoms with Gasteiger partial charge in [0, 0.05) is 31.7 Å². The van der Waals surface area contributed by atoms with Crippen molar-refractivity contribution in [2.24, 2.45) is 0 Å². The molecule has 1 fully saturated rings. The van der Waals surface area contributed by atoms with Crippen LogP contribution >= 0.6 is 0 Å². The molecule has 1 N–H and O–H groups in total. The topological polar surface area (TPSA) is 24.5 Å². The predicted octanol–water partition coefficient (Wildman–Crippen LogP) is 2.27. The van der Waals surface area contributed by atoms with Crippen LogP contribution in [0, 0.1) is 0 Å². The van der Waals surface area contributed by atoms with Gasteiger partial charge in [0.25, 0.3) is 0 Å². The minimum atomic E-state index is 0.269. The molecule has 0 aromatic heterocycles. The van der Waals surface area contributed by atoms with E-state index in [0.29, 0.717) is 0 Å². The van der Waals surface area contributed by atoms with Crippen molar-refractivity contribution in [2.75, 3.05) is 26.7 Å². The second-order valence-corrected chi connectivity index (χ2v) is 5.40. The zero-order valence-electron chi connectivity index (χ0n) is 11.7. The number of rotatable bonds is 4. The maximum atomic E-state index is 5.19. The number of hydrogen-bond acceptors (Lipinski definition) is 3. The Balaban J connectivity index is 1.96. The van der Waals surface area contributed by atoms with Crippen LogP contribution in [0.5, 0.6) is 5.75 Å². The predicted molar refractivity (Wildman–Crippen MR) is 75.0 cm³/mol. The summed E-state index contributed by atoms with van der Waals surface area (Å²) in [6.07, 6.45) is 1.17. The first-order chi connectivity index (χ1) is 8.65. The van der Waals surface area contributed by atoms with Crippen LogP contribution in [-0.2, 0) is 6.54 Å². The molecule has 1 saturated heterocycles. The summed E-state index contributed by atoms with van der Waals surface area (Å²) >= 11 is 0. The van der Waals surface area contributed by atoms with Gasteiger partial charge < -0.3 is 10.1 Å². The zero-order valence-corrected chi connectivity index (χ0v) is 11.7. The molecule has 1 aromatic rings. The van der Waals surface area contributed by atoms with Gasteiger partial charge >= 0.3 is 0 Å². The number of hydrogen-bond donors (Lipinski definition) is 1. The molecule has 0 aliphatic carbocycles. The molecule has 3 heteroatoms. The lowest BCUT2D eigenvalue weighted by atomic mass is 9.95. The van der Waals surface area contributed by atoms with E-state index in [1.807, 2.05) is 12.1 Å². The van der Waals surface area contributed by atoms with Gasteiger partial charge in [-0.2, -0.15) is 0 Å². The molecule has 2 rings (SSSR count). The first-order valence-corrected chi connectivity index (χ1v) is 6.75. The summed E-state index contributed by atoms with van der Waals surface area (Å²) < 4.78 is 5.19. The van der Waals surface area contributed by atoms with E-state index in [1.165, 1.54) is 12.0 Å². The zero-order chi connectivity index (χ0) is 13.0. The fourth-order valence-corrected chi connectivity index (χ4v) is 2.51. The lowest BCUT2D eigenvalue weighted by Gasteiger charge is -2.41. The largest absolute Gasteiger partial charge is 0.497 e. The average molecular weight is 248 g/mol. The Morgan fingerprint density at radius 3 is 2.67 bits per heavy atom. The summed E-state index contributed by atoms with van der Waals surface area (Å²) in [5.41, 5.74) is 1.63. The minimum absolute atomic E-state index is 0.269. The summed E-state index contributed by atoms with van der Waals surface area (Å²) in [6, 6.07) is 8.39. The lowest BCUT2D eigenvalue weighted by Crippen LogP contribution is -2.58. The summed E-state index contributed by atoms with van der Waals surface area (Å²) in [6.45, 7) is 8.93. The highest BCUT2D eigenvalue weighted by molar-refractivity contribution is 5.27. The van der Waals surface area contributed by atoms with Crippen LogP contribution in [0.3, 0.4) is 0 Å². The molecule has 1 aliphatic heterocycles. The fourth-order valence-electron chi connectivity index (χ4n) is 2.51. The van der Waals surface area contributed by atoms with Crippen molar-refractivity contribution in [1.29, 1.82) is 0 Å². The third-order valence-electron chi connectivity index (χ3n) is 3.90. The van der Waals surface area contributed by atoms with Crippen molar-refractivity contribution in [3.63, 3.8) is 0 Å². The first kappa shape index (κ1) is 13.4. The van der Waals surface area contributed by atoms with Crippen molar-refractivity contribution in [3.8, 4) is 5.75 Å². The normalized spacial score (nSPS) is 25.1. The number of benzene rings is 1. The number of piperazine rings is 1. The maximum absolute atomic E-state index is 5.19. The van der Waals surface area contributed by atoms with Gasteiger partial charge in [0.1, 0.15) is 5.75 Å². The molecular weight excluding hydrogens is 224 g/mol. The van der Waals surface area contributed by atoms with E-state index in [0.717, 1.165) is 31.9 Å². The third kappa shape index (κ3) is 3.24. The highest BCUT2D eigenvalue weighted by Crippen LogP contribution is 2.18. The van der Waals surface area contributed by atoms with Gasteiger partial charge in [-0.3, -0.25) is 4.90 Å². The Morgan fingerprint density at radius 2 is 2.06 bits per heavy atom. The summed E-state index contributed by atoms with van der Waals surface area (Å²) in [5.74, 6) is 0.928. The quantitative estimate of drug-likeness (QED) is 0.884. The molecule has 1 unspecified atom stereocenters. The van der Waals surface area contributed by atoms with E-state index < -0.39 is 0 Å². The van der Waals surface area contributed by atoms with Gasteiger partial charge in [0.05, 0.1) is 7.11 Å². The van der Waals surface area contributed by atoms with Gasteiger partial charge in [-0.15, -0.1) is 0 Å². The van der Waals surface area contributed by atoms with Gasteiger partial charge in [0.15, 0.2) is 0 Å². The van der Waals surface area contributed by atoms with Crippen LogP contribution in [0.15, 0.2) is 24.3 Å². The monoisotopic (exact) mass is 248 g/mol. The van der Waals surface area contributed by atoms with Gasteiger partial charge in [-0.25, -0.2) is 0 Å². The van der Waals surface area contributed by atoms with Gasteiger partial charge in [-0.05, 0) is 31.0 Å². The minimum Gasteiger partial charge on any atom is -0.497 e. The molecule has 0 bridgehead atoms. The number of nitrogens with zero attached hydrogens (tertiary/aromatic N) is 1. The first-order valence-electron chi connectivity index (χ1n) is 6.75. The van der Waals surface area contributed by atoms with Crippen molar-refractivity contribution in [3.05, 3.63) is 29.8 Å². The Kier molecular flexibility index (Phi) is 4.25. The van der Waals surface area contributed by atoms with E-state index in [1.54, 1.807) is 7.11 Å². The van der Waals surface area contributed by atoms with Crippen molar-refractivity contribution >= 4 is 0 Å². The smallest absolute Gasteiger partial charge is 0.118 e. The molecule has 0 spiro atoms. The second kappa shape index (κ2) is 5.72. The van der Waals surface area contributed by atoms with Crippen LogP contribution in [-0.4, -0.2) is 37.2 Å². The summed E-state index contributed by atoms with van der Waals surface area (Å²) in [4.78, 5) is 2.53. The van der Waals surface area contributed by atoms with Crippen molar-refractivity contribution in [1.82, 2.24) is 10.2 Å². The Morgan fingerprint density at radius 1 is 1.33 bits per heavy atom. The maximum Gasteiger partial charge on any atom is 0.118 e. The molecule has 1 aliphatic rings. The van der Waals surface area contributed by atoms with Crippen molar-refractivity contribution < 1.29 is 4.74 Å². The van der Waals surface area contributed by atoms with E-state index in [-0.39, 0.29) is 5.54 Å².